The van der Waals surface area contributed by atoms with Gasteiger partial charge in [-0.15, -0.1) is 0 Å². The molecule has 1 aromatic carbocycles. The monoisotopic (exact) mass is 350 g/mol. The van der Waals surface area contributed by atoms with E-state index in [-0.39, 0.29) is 18.2 Å². The molecule has 0 fully saturated rings. The van der Waals surface area contributed by atoms with Gasteiger partial charge in [-0.3, -0.25) is 9.59 Å². The molecule has 0 radical (unpaired) electrons. The standard InChI is InChI=1S/C19H30N2O4/c1-7-21(17(22)10-11-20-18(23)19(2,3)4)13-14-8-9-15(24-5)16(12-14)25-6/h8-9,12H,7,10-11,13H2,1-6H3,(H,20,23). The number of hydrogen-bond donors (Lipinski definition) is 1. The van der Waals surface area contributed by atoms with E-state index in [9.17, 15) is 9.59 Å². The predicted octanol–water partition coefficient (Wildman–Crippen LogP) is 2.60. The third kappa shape index (κ3) is 6.29. The molecule has 0 bridgehead atoms. The van der Waals surface area contributed by atoms with E-state index in [1.54, 1.807) is 19.1 Å². The third-order valence-electron chi connectivity index (χ3n) is 3.86. The minimum absolute atomic E-state index is 0.00601. The van der Waals surface area contributed by atoms with Crippen molar-refractivity contribution in [2.75, 3.05) is 27.3 Å². The van der Waals surface area contributed by atoms with Crippen LogP contribution in [0.5, 0.6) is 11.5 Å². The molecule has 0 saturated heterocycles. The third-order valence-corrected chi connectivity index (χ3v) is 3.86. The van der Waals surface area contributed by atoms with E-state index >= 15 is 0 Å². The summed E-state index contributed by atoms with van der Waals surface area (Å²) in [6.45, 7) is 8.91. The highest BCUT2D eigenvalue weighted by Crippen LogP contribution is 2.28. The van der Waals surface area contributed by atoms with Crippen molar-refractivity contribution in [3.05, 3.63) is 23.8 Å². The molecule has 0 saturated carbocycles. The topological polar surface area (TPSA) is 67.9 Å². The number of amides is 2. The van der Waals surface area contributed by atoms with Crippen molar-refractivity contribution in [3.63, 3.8) is 0 Å². The lowest BCUT2D eigenvalue weighted by Gasteiger charge is -2.22. The van der Waals surface area contributed by atoms with Gasteiger partial charge in [0.1, 0.15) is 0 Å². The highest BCUT2D eigenvalue weighted by Gasteiger charge is 2.21. The van der Waals surface area contributed by atoms with Crippen molar-refractivity contribution in [2.24, 2.45) is 5.41 Å². The van der Waals surface area contributed by atoms with Gasteiger partial charge >= 0.3 is 0 Å². The van der Waals surface area contributed by atoms with Crippen LogP contribution < -0.4 is 14.8 Å². The van der Waals surface area contributed by atoms with Gasteiger partial charge in [0.05, 0.1) is 14.2 Å². The summed E-state index contributed by atoms with van der Waals surface area (Å²) in [5.41, 5.74) is 0.513. The largest absolute Gasteiger partial charge is 0.493 e. The molecule has 6 heteroatoms. The maximum Gasteiger partial charge on any atom is 0.225 e. The molecule has 0 aliphatic carbocycles. The van der Waals surface area contributed by atoms with E-state index in [0.29, 0.717) is 31.1 Å². The van der Waals surface area contributed by atoms with Crippen molar-refractivity contribution < 1.29 is 19.1 Å². The minimum Gasteiger partial charge on any atom is -0.493 e. The summed E-state index contributed by atoms with van der Waals surface area (Å²) < 4.78 is 10.5. The van der Waals surface area contributed by atoms with Crippen LogP contribution in [0.4, 0.5) is 0 Å². The molecule has 1 N–H and O–H groups in total. The van der Waals surface area contributed by atoms with Gasteiger partial charge < -0.3 is 19.7 Å². The molecule has 1 rings (SSSR count). The Hall–Kier alpha value is -2.24. The summed E-state index contributed by atoms with van der Waals surface area (Å²) >= 11 is 0. The SMILES string of the molecule is CCN(Cc1ccc(OC)c(OC)c1)C(=O)CCNC(=O)C(C)(C)C. The Labute approximate surface area is 150 Å². The van der Waals surface area contributed by atoms with Gasteiger partial charge in [-0.05, 0) is 24.6 Å². The summed E-state index contributed by atoms with van der Waals surface area (Å²) in [5.74, 6) is 1.25. The Balaban J connectivity index is 2.63. The highest BCUT2D eigenvalue weighted by atomic mass is 16.5. The van der Waals surface area contributed by atoms with E-state index < -0.39 is 5.41 Å². The first kappa shape index (κ1) is 20.8. The lowest BCUT2D eigenvalue weighted by atomic mass is 9.96. The van der Waals surface area contributed by atoms with Crippen LogP contribution in [-0.4, -0.2) is 44.0 Å². The second-order valence-corrected chi connectivity index (χ2v) is 6.85. The second kappa shape index (κ2) is 9.30. The van der Waals surface area contributed by atoms with E-state index in [1.165, 1.54) is 0 Å². The summed E-state index contributed by atoms with van der Waals surface area (Å²) in [4.78, 5) is 26.0. The van der Waals surface area contributed by atoms with Crippen LogP contribution >= 0.6 is 0 Å². The molecule has 0 heterocycles. The zero-order chi connectivity index (χ0) is 19.0. The number of nitrogens with zero attached hydrogens (tertiary/aromatic N) is 1. The van der Waals surface area contributed by atoms with Gasteiger partial charge in [0.2, 0.25) is 11.8 Å². The number of hydrogen-bond acceptors (Lipinski definition) is 4. The molecule has 0 aliphatic rings. The van der Waals surface area contributed by atoms with Crippen molar-refractivity contribution in [1.82, 2.24) is 10.2 Å². The number of ether oxygens (including phenoxy) is 2. The number of rotatable bonds is 8. The molecule has 25 heavy (non-hydrogen) atoms. The number of carbonyl (C=O) groups excluding carboxylic acids is 2. The van der Waals surface area contributed by atoms with Crippen LogP contribution in [0.2, 0.25) is 0 Å². The average Bonchev–Trinajstić information content (AvgIpc) is 2.58. The fourth-order valence-electron chi connectivity index (χ4n) is 2.28. The first-order valence-electron chi connectivity index (χ1n) is 8.49. The van der Waals surface area contributed by atoms with Crippen molar-refractivity contribution in [2.45, 2.75) is 40.7 Å². The van der Waals surface area contributed by atoms with Crippen molar-refractivity contribution >= 4 is 11.8 Å². The first-order chi connectivity index (χ1) is 11.7. The summed E-state index contributed by atoms with van der Waals surface area (Å²) in [6.07, 6.45) is 0.281. The van der Waals surface area contributed by atoms with Crippen LogP contribution in [0.3, 0.4) is 0 Å². The molecule has 140 valence electrons. The Morgan fingerprint density at radius 3 is 2.28 bits per heavy atom. The molecule has 1 aromatic rings. The van der Waals surface area contributed by atoms with E-state index in [1.807, 2.05) is 45.9 Å². The summed E-state index contributed by atoms with van der Waals surface area (Å²) in [6, 6.07) is 5.62. The van der Waals surface area contributed by atoms with E-state index in [2.05, 4.69) is 5.32 Å². The highest BCUT2D eigenvalue weighted by molar-refractivity contribution is 5.82. The maximum atomic E-state index is 12.4. The smallest absolute Gasteiger partial charge is 0.225 e. The van der Waals surface area contributed by atoms with Crippen molar-refractivity contribution in [3.8, 4) is 11.5 Å². The van der Waals surface area contributed by atoms with E-state index in [0.717, 1.165) is 5.56 Å². The average molecular weight is 350 g/mol. The molecule has 2 amide bonds. The normalized spacial score (nSPS) is 11.0. The summed E-state index contributed by atoms with van der Waals surface area (Å²) in [5, 5.41) is 2.81. The number of nitrogens with one attached hydrogen (secondary N) is 1. The Morgan fingerprint density at radius 1 is 1.12 bits per heavy atom. The van der Waals surface area contributed by atoms with Crippen molar-refractivity contribution in [1.29, 1.82) is 0 Å². The second-order valence-electron chi connectivity index (χ2n) is 6.85. The number of carbonyl (C=O) groups is 2. The molecule has 0 atom stereocenters. The molecular weight excluding hydrogens is 320 g/mol. The Bertz CT molecular complexity index is 594. The van der Waals surface area contributed by atoms with Crippen LogP contribution in [0.1, 0.15) is 39.7 Å². The minimum atomic E-state index is -0.451. The molecule has 6 nitrogen and oxygen atoms in total. The molecular formula is C19H30N2O4. The Morgan fingerprint density at radius 2 is 1.76 bits per heavy atom. The van der Waals surface area contributed by atoms with Gasteiger partial charge in [-0.1, -0.05) is 26.8 Å². The van der Waals surface area contributed by atoms with Crippen LogP contribution in [0, 0.1) is 5.41 Å². The number of benzene rings is 1. The van der Waals surface area contributed by atoms with Crippen LogP contribution in [0.15, 0.2) is 18.2 Å². The fraction of sp³-hybridized carbons (Fsp3) is 0.579. The van der Waals surface area contributed by atoms with Crippen LogP contribution in [-0.2, 0) is 16.1 Å². The maximum absolute atomic E-state index is 12.4. The summed E-state index contributed by atoms with van der Waals surface area (Å²) in [7, 11) is 3.17. The Kier molecular flexibility index (Phi) is 7.74. The van der Waals surface area contributed by atoms with E-state index in [4.69, 9.17) is 9.47 Å². The van der Waals surface area contributed by atoms with Gasteiger partial charge in [0.25, 0.3) is 0 Å². The van der Waals surface area contributed by atoms with Gasteiger partial charge in [0.15, 0.2) is 11.5 Å². The van der Waals surface area contributed by atoms with Gasteiger partial charge in [-0.2, -0.15) is 0 Å². The molecule has 0 aliphatic heterocycles. The molecule has 0 aromatic heterocycles. The quantitative estimate of drug-likeness (QED) is 0.782. The van der Waals surface area contributed by atoms with Gasteiger partial charge in [0, 0.05) is 31.5 Å². The fourth-order valence-corrected chi connectivity index (χ4v) is 2.28. The molecule has 0 unspecified atom stereocenters. The lowest BCUT2D eigenvalue weighted by Crippen LogP contribution is -2.38. The number of methoxy groups -OCH3 is 2. The van der Waals surface area contributed by atoms with Gasteiger partial charge in [-0.25, -0.2) is 0 Å². The molecule has 0 spiro atoms. The zero-order valence-corrected chi connectivity index (χ0v) is 16.1. The lowest BCUT2D eigenvalue weighted by molar-refractivity contribution is -0.132. The zero-order valence-electron chi connectivity index (χ0n) is 16.1. The predicted molar refractivity (Wildman–Crippen MR) is 97.7 cm³/mol. The first-order valence-corrected chi connectivity index (χ1v) is 8.49. The van der Waals surface area contributed by atoms with Crippen LogP contribution in [0.25, 0.3) is 0 Å².